The second kappa shape index (κ2) is 7.28. The van der Waals surface area contributed by atoms with E-state index in [1.54, 1.807) is 23.1 Å². The third kappa shape index (κ3) is 3.31. The predicted octanol–water partition coefficient (Wildman–Crippen LogP) is 4.43. The van der Waals surface area contributed by atoms with E-state index in [0.717, 1.165) is 11.3 Å². The summed E-state index contributed by atoms with van der Waals surface area (Å²) in [5.74, 6) is 0.299. The van der Waals surface area contributed by atoms with E-state index in [1.807, 2.05) is 60.7 Å². The van der Waals surface area contributed by atoms with E-state index in [1.165, 1.54) is 12.1 Å². The third-order valence-corrected chi connectivity index (χ3v) is 4.31. The van der Waals surface area contributed by atoms with Gasteiger partial charge in [-0.3, -0.25) is 19.8 Å². The van der Waals surface area contributed by atoms with Gasteiger partial charge in [-0.2, -0.15) is 0 Å². The van der Waals surface area contributed by atoms with Crippen LogP contribution in [0.15, 0.2) is 95.6 Å². The highest BCUT2D eigenvalue weighted by Crippen LogP contribution is 2.28. The number of nitro benzene ring substituents is 1. The van der Waals surface area contributed by atoms with Crippen molar-refractivity contribution in [2.75, 3.05) is 4.90 Å². The lowest BCUT2D eigenvalue weighted by Gasteiger charge is -2.18. The van der Waals surface area contributed by atoms with Crippen LogP contribution in [0.1, 0.15) is 11.1 Å². The summed E-state index contributed by atoms with van der Waals surface area (Å²) in [6.45, 7) is 0. The number of anilines is 1. The summed E-state index contributed by atoms with van der Waals surface area (Å²) in [7, 11) is 0. The Morgan fingerprint density at radius 2 is 1.46 bits per heavy atom. The first-order valence-corrected chi connectivity index (χ1v) is 8.63. The van der Waals surface area contributed by atoms with Crippen molar-refractivity contribution in [2.45, 2.75) is 0 Å². The van der Waals surface area contributed by atoms with Crippen LogP contribution >= 0.6 is 0 Å². The molecule has 0 aromatic heterocycles. The van der Waals surface area contributed by atoms with Crippen LogP contribution in [0.4, 0.5) is 11.4 Å². The van der Waals surface area contributed by atoms with Gasteiger partial charge in [0.25, 0.3) is 11.6 Å². The summed E-state index contributed by atoms with van der Waals surface area (Å²) in [6.07, 6.45) is 1.64. The molecule has 1 amide bonds. The fourth-order valence-electron chi connectivity index (χ4n) is 2.96. The molecule has 28 heavy (non-hydrogen) atoms. The average Bonchev–Trinajstić information content (AvgIpc) is 3.06. The standard InChI is InChI=1S/C22H15N3O3/c26-22-20(15-16-11-13-19(14-12-16)25(27)28)23-21(17-7-3-1-4-8-17)24(22)18-9-5-2-6-10-18/h1-15H/b20-15-. The number of nitrogens with zero attached hydrogens (tertiary/aromatic N) is 3. The Morgan fingerprint density at radius 3 is 2.07 bits per heavy atom. The second-order valence-corrected chi connectivity index (χ2v) is 6.16. The molecule has 0 radical (unpaired) electrons. The van der Waals surface area contributed by atoms with Crippen LogP contribution in [0.2, 0.25) is 0 Å². The van der Waals surface area contributed by atoms with Crippen molar-refractivity contribution in [2.24, 2.45) is 4.99 Å². The molecule has 0 bridgehead atoms. The molecule has 0 spiro atoms. The summed E-state index contributed by atoms with van der Waals surface area (Å²) in [5.41, 5.74) is 2.49. The summed E-state index contributed by atoms with van der Waals surface area (Å²) < 4.78 is 0. The lowest BCUT2D eigenvalue weighted by atomic mass is 10.1. The number of amides is 1. The minimum atomic E-state index is -0.458. The Hall–Kier alpha value is -4.06. The molecule has 0 aliphatic carbocycles. The van der Waals surface area contributed by atoms with Gasteiger partial charge in [-0.15, -0.1) is 0 Å². The zero-order chi connectivity index (χ0) is 19.5. The van der Waals surface area contributed by atoms with Crippen molar-refractivity contribution >= 4 is 29.2 Å². The third-order valence-electron chi connectivity index (χ3n) is 4.31. The molecule has 0 atom stereocenters. The van der Waals surface area contributed by atoms with Gasteiger partial charge in [0.1, 0.15) is 11.5 Å². The Labute approximate surface area is 161 Å². The number of nitro groups is 1. The molecule has 1 aliphatic rings. The molecule has 6 heteroatoms. The highest BCUT2D eigenvalue weighted by Gasteiger charge is 2.32. The van der Waals surface area contributed by atoms with E-state index in [2.05, 4.69) is 4.99 Å². The van der Waals surface area contributed by atoms with Gasteiger partial charge in [-0.05, 0) is 35.9 Å². The normalized spacial score (nSPS) is 15.0. The van der Waals surface area contributed by atoms with Crippen LogP contribution in [0.25, 0.3) is 6.08 Å². The second-order valence-electron chi connectivity index (χ2n) is 6.16. The van der Waals surface area contributed by atoms with Gasteiger partial charge in [0.2, 0.25) is 0 Å². The number of carbonyl (C=O) groups is 1. The Morgan fingerprint density at radius 1 is 0.857 bits per heavy atom. The van der Waals surface area contributed by atoms with Crippen molar-refractivity contribution in [3.8, 4) is 0 Å². The first-order chi connectivity index (χ1) is 13.6. The molecule has 4 rings (SSSR count). The van der Waals surface area contributed by atoms with Crippen LogP contribution in [-0.2, 0) is 4.79 Å². The summed E-state index contributed by atoms with van der Waals surface area (Å²) in [5, 5.41) is 10.8. The number of benzene rings is 3. The maximum Gasteiger partial charge on any atom is 0.282 e. The molecule has 0 saturated heterocycles. The van der Waals surface area contributed by atoms with Crippen LogP contribution in [0, 0.1) is 10.1 Å². The molecule has 0 saturated carbocycles. The quantitative estimate of drug-likeness (QED) is 0.388. The van der Waals surface area contributed by atoms with Crippen molar-refractivity contribution in [3.05, 3.63) is 112 Å². The maximum absolute atomic E-state index is 13.1. The number of rotatable bonds is 4. The Bertz CT molecular complexity index is 1090. The molecule has 3 aromatic carbocycles. The predicted molar refractivity (Wildman–Crippen MR) is 108 cm³/mol. The number of non-ortho nitro benzene ring substituents is 1. The van der Waals surface area contributed by atoms with Crippen molar-refractivity contribution in [1.29, 1.82) is 0 Å². The smallest absolute Gasteiger partial charge is 0.266 e. The minimum absolute atomic E-state index is 0.000661. The van der Waals surface area contributed by atoms with Crippen molar-refractivity contribution < 1.29 is 9.72 Å². The lowest BCUT2D eigenvalue weighted by Crippen LogP contribution is -2.32. The zero-order valence-corrected chi connectivity index (χ0v) is 14.7. The van der Waals surface area contributed by atoms with E-state index in [9.17, 15) is 14.9 Å². The molecule has 136 valence electrons. The van der Waals surface area contributed by atoms with Gasteiger partial charge in [-0.25, -0.2) is 4.99 Å². The first-order valence-electron chi connectivity index (χ1n) is 8.63. The van der Waals surface area contributed by atoms with Gasteiger partial charge >= 0.3 is 0 Å². The number of carbonyl (C=O) groups excluding carboxylic acids is 1. The minimum Gasteiger partial charge on any atom is -0.266 e. The molecule has 0 fully saturated rings. The van der Waals surface area contributed by atoms with E-state index in [4.69, 9.17) is 0 Å². The first kappa shape index (κ1) is 17.4. The van der Waals surface area contributed by atoms with Crippen LogP contribution in [0.5, 0.6) is 0 Å². The zero-order valence-electron chi connectivity index (χ0n) is 14.7. The van der Waals surface area contributed by atoms with E-state index < -0.39 is 4.92 Å². The number of aliphatic imine (C=N–C) groups is 1. The summed E-state index contributed by atoms with van der Waals surface area (Å²) in [6, 6.07) is 24.8. The Balaban J connectivity index is 1.77. The molecule has 3 aromatic rings. The van der Waals surface area contributed by atoms with Gasteiger partial charge in [0.05, 0.1) is 10.6 Å². The van der Waals surface area contributed by atoms with E-state index >= 15 is 0 Å². The molecular formula is C22H15N3O3. The lowest BCUT2D eigenvalue weighted by molar-refractivity contribution is -0.384. The Kier molecular flexibility index (Phi) is 4.51. The topological polar surface area (TPSA) is 75.8 Å². The van der Waals surface area contributed by atoms with Gasteiger partial charge < -0.3 is 0 Å². The molecule has 1 heterocycles. The van der Waals surface area contributed by atoms with E-state index in [0.29, 0.717) is 11.4 Å². The summed E-state index contributed by atoms with van der Waals surface area (Å²) >= 11 is 0. The molecule has 1 aliphatic heterocycles. The van der Waals surface area contributed by atoms with Gasteiger partial charge in [0.15, 0.2) is 0 Å². The monoisotopic (exact) mass is 369 g/mol. The number of amidine groups is 1. The molecular weight excluding hydrogens is 354 g/mol. The number of para-hydroxylation sites is 1. The van der Waals surface area contributed by atoms with Crippen molar-refractivity contribution in [1.82, 2.24) is 0 Å². The molecule has 0 N–H and O–H groups in total. The summed E-state index contributed by atoms with van der Waals surface area (Å²) in [4.78, 5) is 29.6. The highest BCUT2D eigenvalue weighted by atomic mass is 16.6. The molecule has 6 nitrogen and oxygen atoms in total. The van der Waals surface area contributed by atoms with Crippen molar-refractivity contribution in [3.63, 3.8) is 0 Å². The van der Waals surface area contributed by atoms with Crippen LogP contribution in [0.3, 0.4) is 0 Å². The van der Waals surface area contributed by atoms with Crippen LogP contribution in [-0.4, -0.2) is 16.7 Å². The van der Waals surface area contributed by atoms with Gasteiger partial charge in [-0.1, -0.05) is 48.5 Å². The van der Waals surface area contributed by atoms with Gasteiger partial charge in [0, 0.05) is 17.7 Å². The SMILES string of the molecule is O=C1/C(=C/c2ccc([N+](=O)[O-])cc2)N=C(c2ccccc2)N1c1ccccc1. The number of hydrogen-bond acceptors (Lipinski definition) is 4. The molecule has 0 unspecified atom stereocenters. The largest absolute Gasteiger partial charge is 0.282 e. The fraction of sp³-hybridized carbons (Fsp3) is 0. The van der Waals surface area contributed by atoms with Crippen LogP contribution < -0.4 is 4.90 Å². The van der Waals surface area contributed by atoms with E-state index in [-0.39, 0.29) is 17.3 Å². The highest BCUT2D eigenvalue weighted by molar-refractivity contribution is 6.33. The maximum atomic E-state index is 13.1. The average molecular weight is 369 g/mol. The fourth-order valence-corrected chi connectivity index (χ4v) is 2.96. The number of hydrogen-bond donors (Lipinski definition) is 0.